The van der Waals surface area contributed by atoms with Gasteiger partial charge in [0.15, 0.2) is 0 Å². The summed E-state index contributed by atoms with van der Waals surface area (Å²) in [6.07, 6.45) is -0.876. The summed E-state index contributed by atoms with van der Waals surface area (Å²) in [5.74, 6) is -0.766. The summed E-state index contributed by atoms with van der Waals surface area (Å²) in [4.78, 5) is 11.4. The third-order valence-corrected chi connectivity index (χ3v) is 5.38. The molecule has 2 atom stereocenters. The molecule has 1 saturated heterocycles. The Hall–Kier alpha value is -1.64. The van der Waals surface area contributed by atoms with E-state index in [-0.39, 0.29) is 17.9 Å². The second-order valence-corrected chi connectivity index (χ2v) is 6.77. The van der Waals surface area contributed by atoms with Gasteiger partial charge in [0.25, 0.3) is 0 Å². The van der Waals surface area contributed by atoms with Gasteiger partial charge in [-0.25, -0.2) is 8.42 Å². The van der Waals surface area contributed by atoms with Crippen LogP contribution >= 0.6 is 0 Å². The molecule has 1 heterocycles. The molecular formula is C12H17N3O4S. The third-order valence-electron chi connectivity index (χ3n) is 3.35. The molecule has 1 fully saturated rings. The Morgan fingerprint density at radius 1 is 1.45 bits per heavy atom. The first-order chi connectivity index (χ1) is 9.23. The van der Waals surface area contributed by atoms with Crippen LogP contribution in [0.4, 0.5) is 5.69 Å². The molecule has 8 heteroatoms. The van der Waals surface area contributed by atoms with Crippen molar-refractivity contribution in [1.29, 1.82) is 0 Å². The monoisotopic (exact) mass is 299 g/mol. The molecule has 0 aliphatic carbocycles. The van der Waals surface area contributed by atoms with Crippen molar-refractivity contribution in [1.82, 2.24) is 4.31 Å². The Morgan fingerprint density at radius 2 is 2.10 bits per heavy atom. The average Bonchev–Trinajstić information content (AvgIpc) is 2.71. The smallest absolute Gasteiger partial charge is 0.244 e. The quantitative estimate of drug-likeness (QED) is 0.629. The zero-order valence-corrected chi connectivity index (χ0v) is 11.8. The van der Waals surface area contributed by atoms with Crippen molar-refractivity contribution in [3.05, 3.63) is 23.8 Å². The highest BCUT2D eigenvalue weighted by Gasteiger charge is 2.42. The molecule has 1 aromatic carbocycles. The van der Waals surface area contributed by atoms with Gasteiger partial charge in [-0.15, -0.1) is 0 Å². The molecule has 0 aromatic heterocycles. The fourth-order valence-electron chi connectivity index (χ4n) is 2.40. The van der Waals surface area contributed by atoms with E-state index in [0.29, 0.717) is 11.3 Å². The summed E-state index contributed by atoms with van der Waals surface area (Å²) in [5.41, 5.74) is 11.7. The van der Waals surface area contributed by atoms with Gasteiger partial charge in [0.2, 0.25) is 15.9 Å². The number of β-amino-alcohol motifs (C(OH)–C–C–N with tert-alkyl or cyclic N) is 1. The molecule has 0 saturated carbocycles. The summed E-state index contributed by atoms with van der Waals surface area (Å²) in [7, 11) is -3.90. The third kappa shape index (κ3) is 2.49. The van der Waals surface area contributed by atoms with Gasteiger partial charge in [0, 0.05) is 18.7 Å². The molecule has 1 aliphatic heterocycles. The number of nitrogen functional groups attached to an aromatic ring is 1. The van der Waals surface area contributed by atoms with Crippen LogP contribution in [0.25, 0.3) is 0 Å². The number of sulfonamides is 1. The maximum Gasteiger partial charge on any atom is 0.244 e. The molecule has 0 radical (unpaired) electrons. The molecule has 110 valence electrons. The number of aliphatic hydroxyl groups is 1. The number of carbonyl (C=O) groups is 1. The fourth-order valence-corrected chi connectivity index (χ4v) is 4.25. The molecule has 1 amide bonds. The first-order valence-electron chi connectivity index (χ1n) is 6.09. The number of aliphatic hydroxyl groups excluding tert-OH is 1. The molecule has 2 unspecified atom stereocenters. The summed E-state index contributed by atoms with van der Waals surface area (Å²) in [6, 6.07) is 3.39. The van der Waals surface area contributed by atoms with E-state index in [4.69, 9.17) is 11.5 Å². The highest BCUT2D eigenvalue weighted by atomic mass is 32.2. The Kier molecular flexibility index (Phi) is 3.72. The molecule has 7 nitrogen and oxygen atoms in total. The predicted molar refractivity (Wildman–Crippen MR) is 73.1 cm³/mol. The topological polar surface area (TPSA) is 127 Å². The number of aryl methyl sites for hydroxylation is 1. The largest absolute Gasteiger partial charge is 0.399 e. The number of anilines is 1. The lowest BCUT2D eigenvalue weighted by Gasteiger charge is -2.22. The van der Waals surface area contributed by atoms with Crippen LogP contribution in [-0.4, -0.2) is 42.4 Å². The van der Waals surface area contributed by atoms with Crippen LogP contribution in [0.15, 0.2) is 23.1 Å². The van der Waals surface area contributed by atoms with E-state index in [1.165, 1.54) is 12.1 Å². The lowest BCUT2D eigenvalue weighted by Crippen LogP contribution is -2.43. The van der Waals surface area contributed by atoms with Gasteiger partial charge in [-0.3, -0.25) is 4.79 Å². The standard InChI is InChI=1S/C12H17N3O4S/c1-7-4-8(13)2-3-11(7)20(18,19)15-6-9(16)5-10(15)12(14)17/h2-4,9-10,16H,5-6,13H2,1H3,(H2,14,17). The molecule has 2 rings (SSSR count). The number of hydrogen-bond acceptors (Lipinski definition) is 5. The van der Waals surface area contributed by atoms with Crippen molar-refractivity contribution in [2.45, 2.75) is 30.4 Å². The van der Waals surface area contributed by atoms with Gasteiger partial charge in [0.1, 0.15) is 6.04 Å². The normalized spacial score (nSPS) is 23.9. The number of nitrogens with two attached hydrogens (primary N) is 2. The lowest BCUT2D eigenvalue weighted by atomic mass is 10.2. The van der Waals surface area contributed by atoms with Crippen LogP contribution in [0.1, 0.15) is 12.0 Å². The Morgan fingerprint density at radius 3 is 2.65 bits per heavy atom. The Balaban J connectivity index is 2.46. The van der Waals surface area contributed by atoms with Crippen molar-refractivity contribution in [2.24, 2.45) is 5.73 Å². The second-order valence-electron chi connectivity index (χ2n) is 4.91. The first-order valence-corrected chi connectivity index (χ1v) is 7.53. The van der Waals surface area contributed by atoms with Crippen molar-refractivity contribution < 1.29 is 18.3 Å². The molecule has 0 spiro atoms. The molecule has 1 aromatic rings. The minimum Gasteiger partial charge on any atom is -0.399 e. The van der Waals surface area contributed by atoms with E-state index < -0.39 is 28.1 Å². The van der Waals surface area contributed by atoms with E-state index in [0.717, 1.165) is 4.31 Å². The second kappa shape index (κ2) is 5.04. The Labute approximate surface area is 117 Å². The molecule has 0 bridgehead atoms. The maximum absolute atomic E-state index is 12.6. The summed E-state index contributed by atoms with van der Waals surface area (Å²) >= 11 is 0. The van der Waals surface area contributed by atoms with Gasteiger partial charge >= 0.3 is 0 Å². The Bertz CT molecular complexity index is 644. The fraction of sp³-hybridized carbons (Fsp3) is 0.417. The highest BCUT2D eigenvalue weighted by molar-refractivity contribution is 7.89. The van der Waals surface area contributed by atoms with E-state index in [1.807, 2.05) is 0 Å². The van der Waals surface area contributed by atoms with Gasteiger partial charge < -0.3 is 16.6 Å². The molecule has 20 heavy (non-hydrogen) atoms. The number of rotatable bonds is 3. The zero-order chi connectivity index (χ0) is 15.1. The van der Waals surface area contributed by atoms with E-state index >= 15 is 0 Å². The van der Waals surface area contributed by atoms with E-state index in [9.17, 15) is 18.3 Å². The van der Waals surface area contributed by atoms with Crippen LogP contribution in [0.3, 0.4) is 0 Å². The van der Waals surface area contributed by atoms with Crippen LogP contribution in [0.5, 0.6) is 0 Å². The van der Waals surface area contributed by atoms with Crippen molar-refractivity contribution >= 4 is 21.6 Å². The number of benzene rings is 1. The summed E-state index contributed by atoms with van der Waals surface area (Å²) in [5, 5.41) is 9.61. The first kappa shape index (κ1) is 14.8. The number of primary amides is 1. The van der Waals surface area contributed by atoms with Crippen LogP contribution in [-0.2, 0) is 14.8 Å². The van der Waals surface area contributed by atoms with E-state index in [2.05, 4.69) is 0 Å². The van der Waals surface area contributed by atoms with Crippen molar-refractivity contribution in [2.75, 3.05) is 12.3 Å². The lowest BCUT2D eigenvalue weighted by molar-refractivity contribution is -0.121. The van der Waals surface area contributed by atoms with Gasteiger partial charge in [-0.05, 0) is 30.7 Å². The molecule has 5 N–H and O–H groups in total. The van der Waals surface area contributed by atoms with Crippen LogP contribution in [0, 0.1) is 6.92 Å². The van der Waals surface area contributed by atoms with Crippen LogP contribution in [0.2, 0.25) is 0 Å². The predicted octanol–water partition coefficient (Wildman–Crippen LogP) is -0.814. The van der Waals surface area contributed by atoms with Gasteiger partial charge in [-0.2, -0.15) is 4.31 Å². The number of hydrogen-bond donors (Lipinski definition) is 3. The summed E-state index contributed by atoms with van der Waals surface area (Å²) < 4.78 is 26.1. The number of nitrogens with zero attached hydrogens (tertiary/aromatic N) is 1. The number of carbonyl (C=O) groups excluding carboxylic acids is 1. The maximum atomic E-state index is 12.6. The number of amides is 1. The average molecular weight is 299 g/mol. The molecular weight excluding hydrogens is 282 g/mol. The van der Waals surface area contributed by atoms with Crippen LogP contribution < -0.4 is 11.5 Å². The minimum atomic E-state index is -3.90. The van der Waals surface area contributed by atoms with Gasteiger partial charge in [0.05, 0.1) is 11.0 Å². The van der Waals surface area contributed by atoms with E-state index in [1.54, 1.807) is 13.0 Å². The molecule has 1 aliphatic rings. The zero-order valence-electron chi connectivity index (χ0n) is 11.0. The highest BCUT2D eigenvalue weighted by Crippen LogP contribution is 2.28. The SMILES string of the molecule is Cc1cc(N)ccc1S(=O)(=O)N1CC(O)CC1C(N)=O. The van der Waals surface area contributed by atoms with Crippen molar-refractivity contribution in [3.8, 4) is 0 Å². The van der Waals surface area contributed by atoms with Gasteiger partial charge in [-0.1, -0.05) is 0 Å². The minimum absolute atomic E-state index is 0.0165. The summed E-state index contributed by atoms with van der Waals surface area (Å²) in [6.45, 7) is 1.48. The van der Waals surface area contributed by atoms with Crippen molar-refractivity contribution in [3.63, 3.8) is 0 Å².